The van der Waals surface area contributed by atoms with E-state index in [4.69, 9.17) is 0 Å². The number of hydrogen-bond donors (Lipinski definition) is 0. The van der Waals surface area contributed by atoms with Crippen LogP contribution in [-0.2, 0) is 9.84 Å². The second-order valence-electron chi connectivity index (χ2n) is 4.41. The van der Waals surface area contributed by atoms with E-state index in [2.05, 4.69) is 15.9 Å². The molecule has 0 aliphatic carbocycles. The minimum atomic E-state index is -2.95. The lowest BCUT2D eigenvalue weighted by atomic mass is 10.1. The molecular weight excluding hydrogens is 318 g/mol. The molecule has 0 aromatic heterocycles. The van der Waals surface area contributed by atoms with Crippen LogP contribution in [-0.4, -0.2) is 43.8 Å². The highest BCUT2D eigenvalue weighted by Gasteiger charge is 2.25. The monoisotopic (exact) mass is 331 g/mol. The van der Waals surface area contributed by atoms with Gasteiger partial charge in [-0.2, -0.15) is 0 Å². The quantitative estimate of drug-likeness (QED) is 0.785. The molecule has 1 aromatic rings. The Kier molecular flexibility index (Phi) is 3.77. The van der Waals surface area contributed by atoms with Crippen LogP contribution in [0, 0.1) is 6.92 Å². The summed E-state index contributed by atoms with van der Waals surface area (Å²) >= 11 is 3.39. The lowest BCUT2D eigenvalue weighted by molar-refractivity contribution is 0.0770. The Bertz CT molecular complexity index is 569. The summed E-state index contributed by atoms with van der Waals surface area (Å²) in [7, 11) is -2.95. The van der Waals surface area contributed by atoms with Crippen molar-refractivity contribution in [2.24, 2.45) is 0 Å². The summed E-state index contributed by atoms with van der Waals surface area (Å²) in [5, 5.41) is 0. The van der Waals surface area contributed by atoms with E-state index in [0.717, 1.165) is 10.0 Å². The Hall–Kier alpha value is -0.880. The first-order valence-electron chi connectivity index (χ1n) is 5.65. The van der Waals surface area contributed by atoms with E-state index in [1.807, 2.05) is 19.1 Å². The SMILES string of the molecule is Cc1cc(C(=O)N2CCS(=O)(=O)CC2)ccc1Br. The van der Waals surface area contributed by atoms with Crippen molar-refractivity contribution in [2.75, 3.05) is 24.6 Å². The van der Waals surface area contributed by atoms with Crippen LogP contribution in [0.4, 0.5) is 0 Å². The highest BCUT2D eigenvalue weighted by molar-refractivity contribution is 9.10. The van der Waals surface area contributed by atoms with Gasteiger partial charge in [-0.15, -0.1) is 0 Å². The first kappa shape index (κ1) is 13.5. The van der Waals surface area contributed by atoms with E-state index in [9.17, 15) is 13.2 Å². The van der Waals surface area contributed by atoms with Gasteiger partial charge in [-0.3, -0.25) is 4.79 Å². The molecule has 1 aromatic carbocycles. The molecule has 98 valence electrons. The van der Waals surface area contributed by atoms with Crippen LogP contribution in [0.5, 0.6) is 0 Å². The van der Waals surface area contributed by atoms with Crippen molar-refractivity contribution in [3.63, 3.8) is 0 Å². The van der Waals surface area contributed by atoms with Crippen LogP contribution in [0.2, 0.25) is 0 Å². The average Bonchev–Trinajstić information content (AvgIpc) is 2.32. The highest BCUT2D eigenvalue weighted by atomic mass is 79.9. The largest absolute Gasteiger partial charge is 0.337 e. The third kappa shape index (κ3) is 2.92. The lowest BCUT2D eigenvalue weighted by Crippen LogP contribution is -2.43. The highest BCUT2D eigenvalue weighted by Crippen LogP contribution is 2.18. The number of amides is 1. The van der Waals surface area contributed by atoms with Gasteiger partial charge in [0.05, 0.1) is 11.5 Å². The predicted molar refractivity (Wildman–Crippen MR) is 73.4 cm³/mol. The maximum atomic E-state index is 12.2. The van der Waals surface area contributed by atoms with Crippen LogP contribution in [0.1, 0.15) is 15.9 Å². The normalized spacial score (nSPS) is 18.7. The number of halogens is 1. The minimum absolute atomic E-state index is 0.0637. The standard InChI is InChI=1S/C12H14BrNO3S/c1-9-8-10(2-3-11(9)13)12(15)14-4-6-18(16,17)7-5-14/h2-3,8H,4-7H2,1H3. The predicted octanol–water partition coefficient (Wildman–Crippen LogP) is 1.63. The van der Waals surface area contributed by atoms with Crippen molar-refractivity contribution < 1.29 is 13.2 Å². The van der Waals surface area contributed by atoms with E-state index >= 15 is 0 Å². The number of sulfone groups is 1. The number of hydrogen-bond acceptors (Lipinski definition) is 3. The molecule has 0 N–H and O–H groups in total. The summed E-state index contributed by atoms with van der Waals surface area (Å²) in [6.07, 6.45) is 0. The second-order valence-corrected chi connectivity index (χ2v) is 7.57. The summed E-state index contributed by atoms with van der Waals surface area (Å²) in [6, 6.07) is 5.40. The summed E-state index contributed by atoms with van der Waals surface area (Å²) in [5.41, 5.74) is 1.60. The summed E-state index contributed by atoms with van der Waals surface area (Å²) in [5.74, 6) is 0.0307. The lowest BCUT2D eigenvalue weighted by Gasteiger charge is -2.26. The van der Waals surface area contributed by atoms with Crippen molar-refractivity contribution in [3.8, 4) is 0 Å². The maximum absolute atomic E-state index is 12.2. The number of carbonyl (C=O) groups is 1. The smallest absolute Gasteiger partial charge is 0.253 e. The Morgan fingerprint density at radius 1 is 1.28 bits per heavy atom. The summed E-state index contributed by atoms with van der Waals surface area (Å²) in [6.45, 7) is 2.49. The minimum Gasteiger partial charge on any atom is -0.337 e. The van der Waals surface area contributed by atoms with Gasteiger partial charge >= 0.3 is 0 Å². The fourth-order valence-corrected chi connectivity index (χ4v) is 3.32. The zero-order valence-electron chi connectivity index (χ0n) is 10.0. The number of rotatable bonds is 1. The third-order valence-electron chi connectivity index (χ3n) is 3.04. The maximum Gasteiger partial charge on any atom is 0.253 e. The molecule has 0 atom stereocenters. The van der Waals surface area contributed by atoms with Crippen molar-refractivity contribution in [2.45, 2.75) is 6.92 Å². The van der Waals surface area contributed by atoms with E-state index in [-0.39, 0.29) is 30.5 Å². The van der Waals surface area contributed by atoms with Gasteiger partial charge in [0.15, 0.2) is 9.84 Å². The number of carbonyl (C=O) groups excluding carboxylic acids is 1. The molecule has 1 saturated heterocycles. The Labute approximate surface area is 115 Å². The number of benzene rings is 1. The molecule has 1 aliphatic rings. The Balaban J connectivity index is 2.15. The molecule has 2 rings (SSSR count). The zero-order valence-corrected chi connectivity index (χ0v) is 12.4. The van der Waals surface area contributed by atoms with E-state index < -0.39 is 9.84 Å². The molecule has 4 nitrogen and oxygen atoms in total. The first-order valence-corrected chi connectivity index (χ1v) is 8.26. The first-order chi connectivity index (χ1) is 8.39. The van der Waals surface area contributed by atoms with Crippen molar-refractivity contribution >= 4 is 31.7 Å². The molecule has 1 amide bonds. The van der Waals surface area contributed by atoms with Crippen LogP contribution in [0.3, 0.4) is 0 Å². The number of nitrogens with zero attached hydrogens (tertiary/aromatic N) is 1. The van der Waals surface area contributed by atoms with Crippen LogP contribution in [0.15, 0.2) is 22.7 Å². The Morgan fingerprint density at radius 2 is 1.89 bits per heavy atom. The van der Waals surface area contributed by atoms with Gasteiger partial charge in [0, 0.05) is 23.1 Å². The molecule has 0 unspecified atom stereocenters. The molecule has 1 heterocycles. The molecular formula is C12H14BrNO3S. The van der Waals surface area contributed by atoms with Crippen LogP contribution < -0.4 is 0 Å². The molecule has 0 radical (unpaired) electrons. The summed E-state index contributed by atoms with van der Waals surface area (Å²) in [4.78, 5) is 13.8. The molecule has 0 spiro atoms. The van der Waals surface area contributed by atoms with Gasteiger partial charge in [0.25, 0.3) is 5.91 Å². The van der Waals surface area contributed by atoms with Crippen LogP contribution in [0.25, 0.3) is 0 Å². The average molecular weight is 332 g/mol. The molecule has 0 saturated carbocycles. The molecule has 18 heavy (non-hydrogen) atoms. The van der Waals surface area contributed by atoms with Gasteiger partial charge in [0.2, 0.25) is 0 Å². The van der Waals surface area contributed by atoms with Crippen molar-refractivity contribution in [1.82, 2.24) is 4.90 Å². The van der Waals surface area contributed by atoms with Crippen molar-refractivity contribution in [1.29, 1.82) is 0 Å². The van der Waals surface area contributed by atoms with Gasteiger partial charge in [-0.25, -0.2) is 8.42 Å². The number of aryl methyl sites for hydroxylation is 1. The third-order valence-corrected chi connectivity index (χ3v) is 5.54. The molecule has 1 fully saturated rings. The van der Waals surface area contributed by atoms with Gasteiger partial charge in [-0.05, 0) is 30.7 Å². The van der Waals surface area contributed by atoms with Crippen LogP contribution >= 0.6 is 15.9 Å². The molecule has 6 heteroatoms. The second kappa shape index (κ2) is 5.01. The molecule has 1 aliphatic heterocycles. The van der Waals surface area contributed by atoms with Gasteiger partial charge in [-0.1, -0.05) is 15.9 Å². The van der Waals surface area contributed by atoms with E-state index in [0.29, 0.717) is 5.56 Å². The zero-order chi connectivity index (χ0) is 13.3. The Morgan fingerprint density at radius 3 is 2.44 bits per heavy atom. The fraction of sp³-hybridized carbons (Fsp3) is 0.417. The van der Waals surface area contributed by atoms with Gasteiger partial charge < -0.3 is 4.90 Å². The fourth-order valence-electron chi connectivity index (χ4n) is 1.88. The van der Waals surface area contributed by atoms with E-state index in [1.165, 1.54) is 0 Å². The van der Waals surface area contributed by atoms with Gasteiger partial charge in [0.1, 0.15) is 0 Å². The van der Waals surface area contributed by atoms with Crippen molar-refractivity contribution in [3.05, 3.63) is 33.8 Å². The molecule has 0 bridgehead atoms. The van der Waals surface area contributed by atoms with E-state index in [1.54, 1.807) is 11.0 Å². The topological polar surface area (TPSA) is 54.5 Å². The summed E-state index contributed by atoms with van der Waals surface area (Å²) < 4.78 is 23.6.